The summed E-state index contributed by atoms with van der Waals surface area (Å²) in [6.45, 7) is 0.224. The molecule has 2 heterocycles. The number of ether oxygens (including phenoxy) is 4. The van der Waals surface area contributed by atoms with Gasteiger partial charge in [0.05, 0.1) is 13.7 Å². The molecule has 1 saturated carbocycles. The Labute approximate surface area is 150 Å². The summed E-state index contributed by atoms with van der Waals surface area (Å²) in [4.78, 5) is 20.6. The number of halogens is 1. The third-order valence-corrected chi connectivity index (χ3v) is 4.45. The topological polar surface area (TPSA) is 91.8 Å². The monoisotopic (exact) mass is 369 g/mol. The van der Waals surface area contributed by atoms with Gasteiger partial charge in [0.1, 0.15) is 16.7 Å². The molecular weight excluding hydrogens is 350 g/mol. The molecule has 0 aromatic carbocycles. The molecule has 1 aliphatic carbocycles. The van der Waals surface area contributed by atoms with Crippen LogP contribution in [0.3, 0.4) is 0 Å². The number of aromatic nitrogens is 2. The van der Waals surface area contributed by atoms with Crippen LogP contribution in [0.15, 0.2) is 12.2 Å². The summed E-state index contributed by atoms with van der Waals surface area (Å²) >= 11 is 6.30. The van der Waals surface area contributed by atoms with Gasteiger partial charge in [-0.05, 0) is 25.0 Å². The Morgan fingerprint density at radius 1 is 1.40 bits per heavy atom. The lowest BCUT2D eigenvalue weighted by Crippen LogP contribution is -2.39. The molecule has 1 aliphatic heterocycles. The predicted molar refractivity (Wildman–Crippen MR) is 89.6 cm³/mol. The minimum Gasteiger partial charge on any atom is -0.464 e. The number of esters is 1. The van der Waals surface area contributed by atoms with Crippen LogP contribution in [0.1, 0.15) is 35.1 Å². The fraction of sp³-hybridized carbons (Fsp3) is 0.562. The van der Waals surface area contributed by atoms with Crippen molar-refractivity contribution in [3.05, 3.63) is 28.7 Å². The van der Waals surface area contributed by atoms with E-state index in [1.807, 2.05) is 0 Å². The molecule has 2 atom stereocenters. The van der Waals surface area contributed by atoms with Crippen LogP contribution in [-0.4, -0.2) is 55.9 Å². The van der Waals surface area contributed by atoms with Crippen LogP contribution in [0.4, 0.5) is 5.82 Å². The minimum atomic E-state index is -1.01. The van der Waals surface area contributed by atoms with Gasteiger partial charge >= 0.3 is 5.97 Å². The van der Waals surface area contributed by atoms with Crippen LogP contribution >= 0.6 is 11.6 Å². The second kappa shape index (κ2) is 7.25. The number of anilines is 1. The quantitative estimate of drug-likeness (QED) is 0.577. The van der Waals surface area contributed by atoms with Crippen molar-refractivity contribution in [3.8, 4) is 0 Å². The van der Waals surface area contributed by atoms with E-state index in [-0.39, 0.29) is 23.2 Å². The van der Waals surface area contributed by atoms with Gasteiger partial charge in [0.25, 0.3) is 0 Å². The summed E-state index contributed by atoms with van der Waals surface area (Å²) in [5, 5.41) is 3.19. The Hall–Kier alpha value is -1.74. The molecule has 1 aromatic heterocycles. The van der Waals surface area contributed by atoms with E-state index in [4.69, 9.17) is 30.5 Å². The Morgan fingerprint density at radius 2 is 2.16 bits per heavy atom. The fourth-order valence-corrected chi connectivity index (χ4v) is 2.69. The first-order chi connectivity index (χ1) is 12.0. The number of methoxy groups -OCH3 is 3. The average Bonchev–Trinajstić information content (AvgIpc) is 3.40. The molecule has 2 unspecified atom stereocenters. The Bertz CT molecular complexity index is 695. The van der Waals surface area contributed by atoms with E-state index in [9.17, 15) is 4.79 Å². The first-order valence-corrected chi connectivity index (χ1v) is 8.24. The van der Waals surface area contributed by atoms with Crippen molar-refractivity contribution in [2.24, 2.45) is 0 Å². The molecule has 1 aromatic rings. The highest BCUT2D eigenvalue weighted by Crippen LogP contribution is 2.40. The average molecular weight is 370 g/mol. The lowest BCUT2D eigenvalue weighted by atomic mass is 10.2. The smallest absolute Gasteiger partial charge is 0.358 e. The SMILES string of the molecule is COC(=O)c1nc(C2CC2)nc(NCC2(OC)C=CC(OC)O2)c1Cl. The summed E-state index contributed by atoms with van der Waals surface area (Å²) < 4.78 is 21.0. The number of hydrogen-bond donors (Lipinski definition) is 1. The van der Waals surface area contributed by atoms with Crippen molar-refractivity contribution in [1.82, 2.24) is 9.97 Å². The second-order valence-electron chi connectivity index (χ2n) is 5.81. The van der Waals surface area contributed by atoms with Crippen LogP contribution in [0.2, 0.25) is 5.02 Å². The highest BCUT2D eigenvalue weighted by molar-refractivity contribution is 6.35. The lowest BCUT2D eigenvalue weighted by Gasteiger charge is -2.27. The molecule has 3 rings (SSSR count). The molecular formula is C16H20ClN3O5. The van der Waals surface area contributed by atoms with E-state index in [1.54, 1.807) is 19.3 Å². The molecule has 0 radical (unpaired) electrons. The number of rotatable bonds is 7. The van der Waals surface area contributed by atoms with Crippen LogP contribution in [0.5, 0.6) is 0 Å². The lowest BCUT2D eigenvalue weighted by molar-refractivity contribution is -0.234. The van der Waals surface area contributed by atoms with Gasteiger partial charge in [-0.3, -0.25) is 0 Å². The first kappa shape index (κ1) is 18.1. The molecule has 136 valence electrons. The third kappa shape index (κ3) is 3.77. The highest BCUT2D eigenvalue weighted by atomic mass is 35.5. The number of hydrogen-bond acceptors (Lipinski definition) is 8. The summed E-state index contributed by atoms with van der Waals surface area (Å²) in [6.07, 6.45) is 5.00. The van der Waals surface area contributed by atoms with Gasteiger partial charge in [-0.1, -0.05) is 11.6 Å². The van der Waals surface area contributed by atoms with Gasteiger partial charge in [0.15, 0.2) is 12.0 Å². The van der Waals surface area contributed by atoms with Crippen molar-refractivity contribution in [2.45, 2.75) is 30.8 Å². The summed E-state index contributed by atoms with van der Waals surface area (Å²) in [6, 6.07) is 0. The van der Waals surface area contributed by atoms with Gasteiger partial charge in [0.2, 0.25) is 5.79 Å². The maximum atomic E-state index is 11.9. The number of carbonyl (C=O) groups is 1. The second-order valence-corrected chi connectivity index (χ2v) is 6.19. The van der Waals surface area contributed by atoms with Gasteiger partial charge in [-0.15, -0.1) is 0 Å². The van der Waals surface area contributed by atoms with Crippen molar-refractivity contribution < 1.29 is 23.7 Å². The maximum absolute atomic E-state index is 11.9. The molecule has 1 fully saturated rings. The van der Waals surface area contributed by atoms with Crippen molar-refractivity contribution in [3.63, 3.8) is 0 Å². The Balaban J connectivity index is 1.83. The van der Waals surface area contributed by atoms with E-state index in [0.29, 0.717) is 11.6 Å². The number of nitrogens with one attached hydrogen (secondary N) is 1. The van der Waals surface area contributed by atoms with Gasteiger partial charge in [0, 0.05) is 20.1 Å². The largest absolute Gasteiger partial charge is 0.464 e. The highest BCUT2D eigenvalue weighted by Gasteiger charge is 2.37. The fourth-order valence-electron chi connectivity index (χ4n) is 2.46. The van der Waals surface area contributed by atoms with Crippen LogP contribution < -0.4 is 5.32 Å². The molecule has 8 nitrogen and oxygen atoms in total. The van der Waals surface area contributed by atoms with Crippen LogP contribution in [0, 0.1) is 0 Å². The molecule has 0 saturated heterocycles. The molecule has 9 heteroatoms. The van der Waals surface area contributed by atoms with Crippen molar-refractivity contribution >= 4 is 23.4 Å². The summed E-state index contributed by atoms with van der Waals surface area (Å²) in [7, 11) is 4.35. The van der Waals surface area contributed by atoms with Gasteiger partial charge in [-0.2, -0.15) is 0 Å². The molecule has 0 spiro atoms. The van der Waals surface area contributed by atoms with Gasteiger partial charge in [-0.25, -0.2) is 14.8 Å². The number of nitrogens with zero attached hydrogens (tertiary/aromatic N) is 2. The van der Waals surface area contributed by atoms with Crippen LogP contribution in [-0.2, 0) is 18.9 Å². The van der Waals surface area contributed by atoms with E-state index in [1.165, 1.54) is 14.2 Å². The normalized spacial score (nSPS) is 25.2. The third-order valence-electron chi connectivity index (χ3n) is 4.09. The van der Waals surface area contributed by atoms with E-state index in [2.05, 4.69) is 15.3 Å². The van der Waals surface area contributed by atoms with E-state index in [0.717, 1.165) is 12.8 Å². The summed E-state index contributed by atoms with van der Waals surface area (Å²) in [5.41, 5.74) is 0.0488. The molecule has 25 heavy (non-hydrogen) atoms. The molecule has 2 aliphatic rings. The Kier molecular flexibility index (Phi) is 5.24. The number of carbonyl (C=O) groups excluding carboxylic acids is 1. The maximum Gasteiger partial charge on any atom is 0.358 e. The molecule has 0 amide bonds. The zero-order valence-corrected chi connectivity index (χ0v) is 15.0. The Morgan fingerprint density at radius 3 is 2.72 bits per heavy atom. The first-order valence-electron chi connectivity index (χ1n) is 7.86. The predicted octanol–water partition coefficient (Wildman–Crippen LogP) is 2.11. The van der Waals surface area contributed by atoms with Crippen LogP contribution in [0.25, 0.3) is 0 Å². The zero-order chi connectivity index (χ0) is 18.0. The van der Waals surface area contributed by atoms with E-state index < -0.39 is 18.0 Å². The van der Waals surface area contributed by atoms with Crippen molar-refractivity contribution in [1.29, 1.82) is 0 Å². The summed E-state index contributed by atoms with van der Waals surface area (Å²) in [5.74, 6) is -0.446. The standard InChI is InChI=1S/C16H20ClN3O5/c1-22-10-6-7-16(24-3,25-10)8-18-14-11(17)12(15(21)23-2)19-13(20-14)9-4-5-9/h6-7,9-10H,4-5,8H2,1-3H3,(H,18,19,20). The van der Waals surface area contributed by atoms with Crippen molar-refractivity contribution in [2.75, 3.05) is 33.2 Å². The molecule has 1 N–H and O–H groups in total. The van der Waals surface area contributed by atoms with Gasteiger partial charge < -0.3 is 24.3 Å². The minimum absolute atomic E-state index is 0.0488. The molecule has 0 bridgehead atoms. The zero-order valence-electron chi connectivity index (χ0n) is 14.2. The van der Waals surface area contributed by atoms with E-state index >= 15 is 0 Å².